The van der Waals surface area contributed by atoms with Gasteiger partial charge in [-0.1, -0.05) is 6.07 Å². The van der Waals surface area contributed by atoms with Crippen molar-refractivity contribution in [3.8, 4) is 0 Å². The van der Waals surface area contributed by atoms with E-state index in [0.717, 1.165) is 24.2 Å². The first-order chi connectivity index (χ1) is 6.57. The highest BCUT2D eigenvalue weighted by atomic mass is 32.1. The Labute approximate surface area is 83.9 Å². The van der Waals surface area contributed by atoms with Crippen LogP contribution in [0, 0.1) is 0 Å². The molecule has 1 aromatic rings. The first-order valence-electron chi connectivity index (χ1n) is 4.43. The first kappa shape index (κ1) is 9.98. The molecule has 0 bridgehead atoms. The Bertz CT molecular complexity index is 290. The summed E-state index contributed by atoms with van der Waals surface area (Å²) in [5.41, 5.74) is 0. The van der Waals surface area contributed by atoms with Crippen molar-refractivity contribution in [2.75, 3.05) is 0 Å². The minimum absolute atomic E-state index is 0.0590. The summed E-state index contributed by atoms with van der Waals surface area (Å²) in [4.78, 5) is 0.351. The zero-order valence-corrected chi connectivity index (χ0v) is 8.16. The van der Waals surface area contributed by atoms with Crippen LogP contribution in [0.1, 0.15) is 23.8 Å². The van der Waals surface area contributed by atoms with Crippen LogP contribution in [0.25, 0.3) is 0 Å². The second-order valence-electron chi connectivity index (χ2n) is 3.43. The third kappa shape index (κ3) is 2.27. The highest BCUT2D eigenvalue weighted by Gasteiger charge is 2.43. The number of rotatable bonds is 3. The number of thiophene rings is 1. The van der Waals surface area contributed by atoms with Gasteiger partial charge in [-0.05, 0) is 24.3 Å². The molecule has 1 aliphatic rings. The van der Waals surface area contributed by atoms with Crippen molar-refractivity contribution in [1.29, 1.82) is 0 Å². The molecule has 78 valence electrons. The van der Waals surface area contributed by atoms with Gasteiger partial charge in [0.25, 0.3) is 0 Å². The molecular formula is C9H10F3NS. The number of hydrogen-bond donors (Lipinski definition) is 1. The fourth-order valence-corrected chi connectivity index (χ4v) is 2.09. The van der Waals surface area contributed by atoms with Gasteiger partial charge in [0.1, 0.15) is 6.04 Å². The van der Waals surface area contributed by atoms with Crippen LogP contribution in [0.15, 0.2) is 17.5 Å². The van der Waals surface area contributed by atoms with Gasteiger partial charge in [-0.3, -0.25) is 5.32 Å². The molecule has 0 amide bonds. The summed E-state index contributed by atoms with van der Waals surface area (Å²) in [5, 5.41) is 4.29. The van der Waals surface area contributed by atoms with E-state index >= 15 is 0 Å². The molecule has 5 heteroatoms. The third-order valence-electron chi connectivity index (χ3n) is 2.13. The zero-order chi connectivity index (χ0) is 10.2. The highest BCUT2D eigenvalue weighted by molar-refractivity contribution is 7.10. The van der Waals surface area contributed by atoms with Gasteiger partial charge in [0.05, 0.1) is 0 Å². The minimum atomic E-state index is -4.19. The maximum absolute atomic E-state index is 12.6. The van der Waals surface area contributed by atoms with Crippen molar-refractivity contribution < 1.29 is 13.2 Å². The van der Waals surface area contributed by atoms with Gasteiger partial charge in [0.15, 0.2) is 0 Å². The van der Waals surface area contributed by atoms with Crippen molar-refractivity contribution in [1.82, 2.24) is 5.32 Å². The molecule has 1 fully saturated rings. The van der Waals surface area contributed by atoms with Gasteiger partial charge in [-0.2, -0.15) is 13.2 Å². The van der Waals surface area contributed by atoms with E-state index in [9.17, 15) is 13.2 Å². The third-order valence-corrected chi connectivity index (χ3v) is 3.07. The highest BCUT2D eigenvalue weighted by Crippen LogP contribution is 2.37. The Morgan fingerprint density at radius 1 is 1.43 bits per heavy atom. The summed E-state index contributed by atoms with van der Waals surface area (Å²) in [6, 6.07) is 1.75. The second kappa shape index (κ2) is 3.55. The number of halogens is 3. The molecule has 14 heavy (non-hydrogen) atoms. The Morgan fingerprint density at radius 3 is 2.57 bits per heavy atom. The largest absolute Gasteiger partial charge is 0.408 e. The van der Waals surface area contributed by atoms with E-state index in [4.69, 9.17) is 0 Å². The summed E-state index contributed by atoms with van der Waals surface area (Å²) in [6.45, 7) is 0. The van der Waals surface area contributed by atoms with Crippen LogP contribution < -0.4 is 5.32 Å². The van der Waals surface area contributed by atoms with Gasteiger partial charge in [-0.25, -0.2) is 0 Å². The van der Waals surface area contributed by atoms with Gasteiger partial charge in [0.2, 0.25) is 0 Å². The minimum Gasteiger partial charge on any atom is -0.299 e. The summed E-state index contributed by atoms with van der Waals surface area (Å²) < 4.78 is 37.8. The van der Waals surface area contributed by atoms with Crippen LogP contribution in [0.4, 0.5) is 13.2 Å². The molecule has 1 unspecified atom stereocenters. The number of hydrogen-bond acceptors (Lipinski definition) is 2. The molecule has 1 nitrogen and oxygen atoms in total. The van der Waals surface area contributed by atoms with E-state index in [0.29, 0.717) is 4.88 Å². The van der Waals surface area contributed by atoms with E-state index < -0.39 is 12.2 Å². The van der Waals surface area contributed by atoms with Crippen molar-refractivity contribution in [3.05, 3.63) is 22.4 Å². The van der Waals surface area contributed by atoms with Crippen LogP contribution in [-0.4, -0.2) is 12.2 Å². The van der Waals surface area contributed by atoms with Crippen molar-refractivity contribution in [2.45, 2.75) is 31.1 Å². The van der Waals surface area contributed by atoms with E-state index in [1.165, 1.54) is 6.07 Å². The standard InChI is InChI=1S/C9H10F3NS/c10-9(11,12)8(13-6-3-4-6)7-2-1-5-14-7/h1-2,5-6,8,13H,3-4H2. The summed E-state index contributed by atoms with van der Waals surface area (Å²) in [5.74, 6) is 0. The predicted molar refractivity (Wildman–Crippen MR) is 49.3 cm³/mol. The van der Waals surface area contributed by atoms with Crippen molar-refractivity contribution in [2.24, 2.45) is 0 Å². The van der Waals surface area contributed by atoms with Gasteiger partial charge in [0, 0.05) is 10.9 Å². The SMILES string of the molecule is FC(F)(F)C(NC1CC1)c1cccs1. The summed E-state index contributed by atoms with van der Waals surface area (Å²) in [7, 11) is 0. The molecule has 2 rings (SSSR count). The Kier molecular flexibility index (Phi) is 2.53. The topological polar surface area (TPSA) is 12.0 Å². The fraction of sp³-hybridized carbons (Fsp3) is 0.556. The molecule has 0 aliphatic heterocycles. The van der Waals surface area contributed by atoms with E-state index in [1.807, 2.05) is 0 Å². The maximum atomic E-state index is 12.6. The fourth-order valence-electron chi connectivity index (χ4n) is 1.28. The lowest BCUT2D eigenvalue weighted by atomic mass is 10.2. The smallest absolute Gasteiger partial charge is 0.299 e. The molecule has 1 heterocycles. The molecular weight excluding hydrogens is 211 g/mol. The normalized spacial score (nSPS) is 19.6. The Hall–Kier alpha value is -0.550. The number of alkyl halides is 3. The molecule has 1 atom stereocenters. The molecule has 1 aliphatic carbocycles. The van der Waals surface area contributed by atoms with Crippen LogP contribution in [0.2, 0.25) is 0 Å². The molecule has 0 aromatic carbocycles. The van der Waals surface area contributed by atoms with Crippen molar-refractivity contribution >= 4 is 11.3 Å². The van der Waals surface area contributed by atoms with E-state index in [1.54, 1.807) is 11.4 Å². The molecule has 1 saturated carbocycles. The average molecular weight is 221 g/mol. The average Bonchev–Trinajstić information content (AvgIpc) is 2.74. The van der Waals surface area contributed by atoms with E-state index in [2.05, 4.69) is 5.32 Å². The molecule has 1 N–H and O–H groups in total. The molecule has 0 spiro atoms. The Morgan fingerprint density at radius 2 is 2.14 bits per heavy atom. The predicted octanol–water partition coefficient (Wildman–Crippen LogP) is 3.10. The lowest BCUT2D eigenvalue weighted by Gasteiger charge is -2.20. The lowest BCUT2D eigenvalue weighted by Crippen LogP contribution is -2.34. The quantitative estimate of drug-likeness (QED) is 0.827. The molecule has 0 radical (unpaired) electrons. The monoisotopic (exact) mass is 221 g/mol. The van der Waals surface area contributed by atoms with Crippen LogP contribution >= 0.6 is 11.3 Å². The van der Waals surface area contributed by atoms with Crippen LogP contribution in [-0.2, 0) is 0 Å². The first-order valence-corrected chi connectivity index (χ1v) is 5.31. The van der Waals surface area contributed by atoms with Gasteiger partial charge >= 0.3 is 6.18 Å². The molecule has 0 saturated heterocycles. The summed E-state index contributed by atoms with van der Waals surface area (Å²) in [6.07, 6.45) is -2.47. The zero-order valence-electron chi connectivity index (χ0n) is 7.34. The van der Waals surface area contributed by atoms with Crippen LogP contribution in [0.5, 0.6) is 0 Å². The van der Waals surface area contributed by atoms with Gasteiger partial charge < -0.3 is 0 Å². The maximum Gasteiger partial charge on any atom is 0.408 e. The molecule has 1 aromatic heterocycles. The summed E-state index contributed by atoms with van der Waals surface area (Å²) >= 11 is 1.15. The van der Waals surface area contributed by atoms with E-state index in [-0.39, 0.29) is 6.04 Å². The second-order valence-corrected chi connectivity index (χ2v) is 4.41. The Balaban J connectivity index is 2.13. The van der Waals surface area contributed by atoms with Gasteiger partial charge in [-0.15, -0.1) is 11.3 Å². The lowest BCUT2D eigenvalue weighted by molar-refractivity contribution is -0.157. The number of nitrogens with one attached hydrogen (secondary N) is 1. The van der Waals surface area contributed by atoms with Crippen LogP contribution in [0.3, 0.4) is 0 Å². The van der Waals surface area contributed by atoms with Crippen molar-refractivity contribution in [3.63, 3.8) is 0 Å².